The number of anilines is 2. The Hall–Kier alpha value is -2.77. The van der Waals surface area contributed by atoms with E-state index >= 15 is 0 Å². The van der Waals surface area contributed by atoms with Gasteiger partial charge in [-0.2, -0.15) is 0 Å². The Kier molecular flexibility index (Phi) is 6.43. The van der Waals surface area contributed by atoms with Crippen LogP contribution >= 0.6 is 0 Å². The van der Waals surface area contributed by atoms with E-state index in [1.54, 1.807) is 19.1 Å². The second-order valence-electron chi connectivity index (χ2n) is 6.31. The van der Waals surface area contributed by atoms with Gasteiger partial charge in [0.15, 0.2) is 5.69 Å². The number of unbranched alkanes of at least 4 members (excludes halogenated alkanes) is 1. The molecule has 0 aliphatic carbocycles. The van der Waals surface area contributed by atoms with Crippen LogP contribution in [0.4, 0.5) is 11.5 Å². The molecule has 1 atom stereocenters. The summed E-state index contributed by atoms with van der Waals surface area (Å²) < 4.78 is 6.64. The summed E-state index contributed by atoms with van der Waals surface area (Å²) in [6.45, 7) is 6.11. The minimum atomic E-state index is -0.677. The Morgan fingerprint density at radius 3 is 2.69 bits per heavy atom. The molecule has 8 nitrogen and oxygen atoms in total. The highest BCUT2D eigenvalue weighted by molar-refractivity contribution is 5.96. The fourth-order valence-corrected chi connectivity index (χ4v) is 2.64. The summed E-state index contributed by atoms with van der Waals surface area (Å²) in [5, 5.41) is 0. The van der Waals surface area contributed by atoms with Crippen molar-refractivity contribution >= 4 is 17.4 Å². The first-order chi connectivity index (χ1) is 12.4. The second-order valence-corrected chi connectivity index (χ2v) is 6.31. The van der Waals surface area contributed by atoms with Crippen molar-refractivity contribution < 1.29 is 9.21 Å². The lowest BCUT2D eigenvalue weighted by molar-refractivity contribution is -0.122. The van der Waals surface area contributed by atoms with E-state index in [1.807, 2.05) is 13.8 Å². The number of furan rings is 1. The predicted octanol–water partition coefficient (Wildman–Crippen LogP) is 2.09. The van der Waals surface area contributed by atoms with Crippen molar-refractivity contribution in [2.75, 3.05) is 10.6 Å². The van der Waals surface area contributed by atoms with Crippen LogP contribution in [-0.2, 0) is 17.9 Å². The molecule has 0 spiro atoms. The van der Waals surface area contributed by atoms with E-state index < -0.39 is 11.2 Å². The van der Waals surface area contributed by atoms with Crippen LogP contribution < -0.4 is 21.9 Å². The van der Waals surface area contributed by atoms with Crippen molar-refractivity contribution in [2.45, 2.75) is 53.1 Å². The summed E-state index contributed by atoms with van der Waals surface area (Å²) in [6.07, 6.45) is 3.70. The zero-order valence-corrected chi connectivity index (χ0v) is 15.4. The van der Waals surface area contributed by atoms with E-state index in [4.69, 9.17) is 10.2 Å². The number of carbonyl (C=O) groups is 1. The third kappa shape index (κ3) is 4.07. The largest absolute Gasteiger partial charge is 0.467 e. The molecule has 3 N–H and O–H groups in total. The van der Waals surface area contributed by atoms with Crippen LogP contribution in [0.25, 0.3) is 0 Å². The van der Waals surface area contributed by atoms with E-state index in [2.05, 4.69) is 4.98 Å². The summed E-state index contributed by atoms with van der Waals surface area (Å²) in [6, 6.07) is 3.42. The van der Waals surface area contributed by atoms with Gasteiger partial charge in [0.25, 0.3) is 5.56 Å². The summed E-state index contributed by atoms with van der Waals surface area (Å²) in [7, 11) is 0. The summed E-state index contributed by atoms with van der Waals surface area (Å²) >= 11 is 0. The zero-order valence-electron chi connectivity index (χ0n) is 15.4. The number of rotatable bonds is 8. The Bertz CT molecular complexity index is 851. The van der Waals surface area contributed by atoms with Gasteiger partial charge in [0.05, 0.1) is 12.8 Å². The lowest BCUT2D eigenvalue weighted by Gasteiger charge is -2.26. The Labute approximate surface area is 151 Å². The smallest absolute Gasteiger partial charge is 0.330 e. The molecular weight excluding hydrogens is 336 g/mol. The number of nitrogens with two attached hydrogens (primary N) is 1. The van der Waals surface area contributed by atoms with Gasteiger partial charge in [-0.3, -0.25) is 24.0 Å². The average Bonchev–Trinajstić information content (AvgIpc) is 3.12. The molecule has 0 aliphatic heterocycles. The highest BCUT2D eigenvalue weighted by Gasteiger charge is 2.27. The van der Waals surface area contributed by atoms with Gasteiger partial charge >= 0.3 is 5.69 Å². The maximum atomic E-state index is 12.9. The van der Waals surface area contributed by atoms with E-state index in [0.717, 1.165) is 12.8 Å². The monoisotopic (exact) mass is 362 g/mol. The van der Waals surface area contributed by atoms with Crippen LogP contribution in [0.2, 0.25) is 0 Å². The number of hydrogen-bond acceptors (Lipinski definition) is 5. The predicted molar refractivity (Wildman–Crippen MR) is 100.0 cm³/mol. The average molecular weight is 362 g/mol. The molecule has 142 valence electrons. The van der Waals surface area contributed by atoms with Gasteiger partial charge in [-0.05, 0) is 25.0 Å². The van der Waals surface area contributed by atoms with E-state index in [-0.39, 0.29) is 29.9 Å². The van der Waals surface area contributed by atoms with Gasteiger partial charge in [0.2, 0.25) is 5.91 Å². The standard InChI is InChI=1S/C18H26N4O4/c1-4-6-9-21-15(19)14(16(23)20-18(21)25)22(17(24)12(3)5-2)11-13-8-7-10-26-13/h7-8,10,12H,4-6,9,11,19H2,1-3H3,(H,20,23,25)/t12-/m0/s1. The third-order valence-corrected chi connectivity index (χ3v) is 4.41. The Morgan fingerprint density at radius 2 is 2.12 bits per heavy atom. The number of aromatic amines is 1. The quantitative estimate of drug-likeness (QED) is 0.746. The minimum Gasteiger partial charge on any atom is -0.467 e. The second kappa shape index (κ2) is 8.55. The van der Waals surface area contributed by atoms with Crippen molar-refractivity contribution in [1.29, 1.82) is 0 Å². The van der Waals surface area contributed by atoms with Crippen molar-refractivity contribution in [2.24, 2.45) is 5.92 Å². The fraction of sp³-hybridized carbons (Fsp3) is 0.500. The lowest BCUT2D eigenvalue weighted by atomic mass is 10.1. The number of amides is 1. The van der Waals surface area contributed by atoms with Crippen LogP contribution in [-0.4, -0.2) is 15.5 Å². The summed E-state index contributed by atoms with van der Waals surface area (Å²) in [4.78, 5) is 41.1. The molecule has 0 unspecified atom stereocenters. The Morgan fingerprint density at radius 1 is 1.38 bits per heavy atom. The number of nitrogens with zero attached hydrogens (tertiary/aromatic N) is 2. The molecule has 0 fully saturated rings. The number of nitrogen functional groups attached to an aromatic ring is 1. The normalized spacial score (nSPS) is 12.1. The van der Waals surface area contributed by atoms with Gasteiger partial charge in [-0.15, -0.1) is 0 Å². The molecule has 26 heavy (non-hydrogen) atoms. The van der Waals surface area contributed by atoms with Gasteiger partial charge in [0.1, 0.15) is 11.6 Å². The van der Waals surface area contributed by atoms with Gasteiger partial charge < -0.3 is 10.2 Å². The van der Waals surface area contributed by atoms with Crippen molar-refractivity contribution in [3.05, 3.63) is 45.0 Å². The van der Waals surface area contributed by atoms with Crippen LogP contribution in [0.1, 0.15) is 45.8 Å². The lowest BCUT2D eigenvalue weighted by Crippen LogP contribution is -2.42. The van der Waals surface area contributed by atoms with E-state index in [1.165, 1.54) is 15.7 Å². The zero-order chi connectivity index (χ0) is 19.3. The highest BCUT2D eigenvalue weighted by Crippen LogP contribution is 2.23. The first-order valence-electron chi connectivity index (χ1n) is 8.87. The molecule has 0 aromatic carbocycles. The third-order valence-electron chi connectivity index (χ3n) is 4.41. The molecule has 2 heterocycles. The van der Waals surface area contributed by atoms with Crippen molar-refractivity contribution in [1.82, 2.24) is 9.55 Å². The van der Waals surface area contributed by atoms with E-state index in [9.17, 15) is 14.4 Å². The molecule has 2 aromatic heterocycles. The van der Waals surface area contributed by atoms with Crippen LogP contribution in [0.15, 0.2) is 32.4 Å². The molecule has 0 saturated heterocycles. The number of carbonyl (C=O) groups excluding carboxylic acids is 1. The molecule has 0 radical (unpaired) electrons. The number of H-pyrrole nitrogens is 1. The first-order valence-corrected chi connectivity index (χ1v) is 8.87. The number of hydrogen-bond donors (Lipinski definition) is 2. The fourth-order valence-electron chi connectivity index (χ4n) is 2.64. The van der Waals surface area contributed by atoms with Gasteiger partial charge in [-0.25, -0.2) is 4.79 Å². The van der Waals surface area contributed by atoms with Crippen LogP contribution in [0.3, 0.4) is 0 Å². The SMILES string of the molecule is CCCCn1c(N)c(N(Cc2ccco2)C(=O)[C@@H](C)CC)c(=O)[nH]c1=O. The number of aromatic nitrogens is 2. The maximum Gasteiger partial charge on any atom is 0.330 e. The molecule has 8 heteroatoms. The highest BCUT2D eigenvalue weighted by atomic mass is 16.3. The van der Waals surface area contributed by atoms with Crippen molar-refractivity contribution in [3.63, 3.8) is 0 Å². The summed E-state index contributed by atoms with van der Waals surface area (Å²) in [5.74, 6) is -0.0382. The Balaban J connectivity index is 2.57. The summed E-state index contributed by atoms with van der Waals surface area (Å²) in [5.41, 5.74) is 4.89. The van der Waals surface area contributed by atoms with E-state index in [0.29, 0.717) is 18.7 Å². The molecule has 0 bridgehead atoms. The van der Waals surface area contributed by atoms with Crippen LogP contribution in [0, 0.1) is 5.92 Å². The molecule has 1 amide bonds. The number of nitrogens with one attached hydrogen (secondary N) is 1. The molecular formula is C18H26N4O4. The van der Waals surface area contributed by atoms with Gasteiger partial charge in [0, 0.05) is 12.5 Å². The minimum absolute atomic E-state index is 0.00425. The van der Waals surface area contributed by atoms with Gasteiger partial charge in [-0.1, -0.05) is 27.2 Å². The molecule has 0 aliphatic rings. The molecule has 0 saturated carbocycles. The van der Waals surface area contributed by atoms with Crippen molar-refractivity contribution in [3.8, 4) is 0 Å². The first kappa shape index (κ1) is 19.6. The molecule has 2 aromatic rings. The maximum absolute atomic E-state index is 12.9. The topological polar surface area (TPSA) is 114 Å². The molecule has 2 rings (SSSR count). The van der Waals surface area contributed by atoms with Crippen LogP contribution in [0.5, 0.6) is 0 Å².